The lowest BCUT2D eigenvalue weighted by Crippen LogP contribution is -2.39. The van der Waals surface area contributed by atoms with Crippen molar-refractivity contribution in [2.75, 3.05) is 35.6 Å². The van der Waals surface area contributed by atoms with Crippen molar-refractivity contribution in [2.45, 2.75) is 27.2 Å². The molecule has 7 heteroatoms. The van der Waals surface area contributed by atoms with Crippen LogP contribution in [0.3, 0.4) is 0 Å². The first-order chi connectivity index (χ1) is 13.9. The van der Waals surface area contributed by atoms with Crippen LogP contribution in [0.5, 0.6) is 0 Å². The Morgan fingerprint density at radius 2 is 1.48 bits per heavy atom. The highest BCUT2D eigenvalue weighted by atomic mass is 16.2. The number of benzene rings is 2. The molecule has 0 unspecified atom stereocenters. The molecule has 2 aromatic rings. The molecule has 0 bridgehead atoms. The van der Waals surface area contributed by atoms with Gasteiger partial charge in [0, 0.05) is 24.0 Å². The van der Waals surface area contributed by atoms with E-state index >= 15 is 0 Å². The number of rotatable bonds is 9. The molecule has 29 heavy (non-hydrogen) atoms. The number of nitrogens with zero attached hydrogens (tertiary/aromatic N) is 1. The predicted molar refractivity (Wildman–Crippen MR) is 116 cm³/mol. The van der Waals surface area contributed by atoms with Crippen LogP contribution in [-0.2, 0) is 14.4 Å². The van der Waals surface area contributed by atoms with Gasteiger partial charge in [-0.15, -0.1) is 0 Å². The van der Waals surface area contributed by atoms with Crippen LogP contribution in [0.25, 0.3) is 0 Å². The Morgan fingerprint density at radius 1 is 0.862 bits per heavy atom. The van der Waals surface area contributed by atoms with E-state index in [-0.39, 0.29) is 30.8 Å². The zero-order chi connectivity index (χ0) is 21.2. The molecule has 0 heterocycles. The van der Waals surface area contributed by atoms with Gasteiger partial charge in [-0.1, -0.05) is 31.2 Å². The van der Waals surface area contributed by atoms with E-state index in [0.29, 0.717) is 17.9 Å². The number of hydrogen-bond acceptors (Lipinski definition) is 4. The largest absolute Gasteiger partial charge is 0.326 e. The summed E-state index contributed by atoms with van der Waals surface area (Å²) in [5.74, 6) is -0.558. The number of nitrogens with one attached hydrogen (secondary N) is 3. The van der Waals surface area contributed by atoms with Crippen LogP contribution in [0.15, 0.2) is 48.5 Å². The maximum Gasteiger partial charge on any atom is 0.238 e. The summed E-state index contributed by atoms with van der Waals surface area (Å²) in [6, 6.07) is 14.5. The summed E-state index contributed by atoms with van der Waals surface area (Å²) in [7, 11) is 0. The minimum Gasteiger partial charge on any atom is -0.326 e. The number of carbonyl (C=O) groups excluding carboxylic acids is 3. The van der Waals surface area contributed by atoms with Crippen molar-refractivity contribution in [1.29, 1.82) is 0 Å². The van der Waals surface area contributed by atoms with E-state index in [4.69, 9.17) is 0 Å². The van der Waals surface area contributed by atoms with Gasteiger partial charge >= 0.3 is 0 Å². The third-order valence-corrected chi connectivity index (χ3v) is 4.16. The first kappa shape index (κ1) is 22.1. The molecular weight excluding hydrogens is 368 g/mol. The fourth-order valence-electron chi connectivity index (χ4n) is 2.92. The Balaban J connectivity index is 1.93. The van der Waals surface area contributed by atoms with Crippen molar-refractivity contribution in [3.63, 3.8) is 0 Å². The van der Waals surface area contributed by atoms with Crippen molar-refractivity contribution >= 4 is 34.8 Å². The lowest BCUT2D eigenvalue weighted by molar-refractivity contribution is -0.120. The molecular formula is C22H28N4O3. The van der Waals surface area contributed by atoms with Crippen LogP contribution in [0.2, 0.25) is 0 Å². The van der Waals surface area contributed by atoms with Crippen LogP contribution < -0.4 is 16.0 Å². The zero-order valence-electron chi connectivity index (χ0n) is 17.1. The van der Waals surface area contributed by atoms with Gasteiger partial charge < -0.3 is 16.0 Å². The van der Waals surface area contributed by atoms with Gasteiger partial charge in [0.15, 0.2) is 0 Å². The highest BCUT2D eigenvalue weighted by molar-refractivity contribution is 5.96. The van der Waals surface area contributed by atoms with Gasteiger partial charge in [0.05, 0.1) is 13.1 Å². The van der Waals surface area contributed by atoms with Gasteiger partial charge in [-0.3, -0.25) is 19.3 Å². The van der Waals surface area contributed by atoms with Gasteiger partial charge in [0.2, 0.25) is 17.7 Å². The molecule has 2 aromatic carbocycles. The standard InChI is InChI=1S/C22H28N4O3/c1-4-12-26(15-22(29)25-20-11-6-5-8-16(20)2)14-21(28)24-19-10-7-9-18(13-19)23-17(3)27/h5-11,13H,4,12,14-15H2,1-3H3,(H,23,27)(H,24,28)(H,25,29). The van der Waals surface area contributed by atoms with Gasteiger partial charge in [-0.2, -0.15) is 0 Å². The monoisotopic (exact) mass is 396 g/mol. The number of para-hydroxylation sites is 1. The summed E-state index contributed by atoms with van der Waals surface area (Å²) >= 11 is 0. The van der Waals surface area contributed by atoms with Crippen LogP contribution >= 0.6 is 0 Å². The maximum atomic E-state index is 12.5. The van der Waals surface area contributed by atoms with E-state index in [9.17, 15) is 14.4 Å². The second-order valence-corrected chi connectivity index (χ2v) is 6.88. The minimum atomic E-state index is -0.220. The number of aryl methyl sites for hydroxylation is 1. The SMILES string of the molecule is CCCN(CC(=O)Nc1cccc(NC(C)=O)c1)CC(=O)Nc1ccccc1C. The van der Waals surface area contributed by atoms with Crippen molar-refractivity contribution in [2.24, 2.45) is 0 Å². The molecule has 0 fully saturated rings. The molecule has 2 rings (SSSR count). The van der Waals surface area contributed by atoms with Crippen LogP contribution in [-0.4, -0.2) is 42.3 Å². The quantitative estimate of drug-likeness (QED) is 0.607. The van der Waals surface area contributed by atoms with Gasteiger partial charge in [0.1, 0.15) is 0 Å². The Morgan fingerprint density at radius 3 is 2.10 bits per heavy atom. The van der Waals surface area contributed by atoms with Gasteiger partial charge in [-0.25, -0.2) is 0 Å². The summed E-state index contributed by atoms with van der Waals surface area (Å²) in [4.78, 5) is 37.8. The van der Waals surface area contributed by atoms with Crippen molar-refractivity contribution in [3.8, 4) is 0 Å². The average Bonchev–Trinajstić information content (AvgIpc) is 2.63. The molecule has 0 saturated heterocycles. The Labute approximate surface area is 171 Å². The summed E-state index contributed by atoms with van der Waals surface area (Å²) < 4.78 is 0. The smallest absolute Gasteiger partial charge is 0.238 e. The number of amides is 3. The Hall–Kier alpha value is -3.19. The third-order valence-electron chi connectivity index (χ3n) is 4.16. The van der Waals surface area contributed by atoms with Gasteiger partial charge in [-0.05, 0) is 49.7 Å². The normalized spacial score (nSPS) is 10.5. The number of hydrogen-bond donors (Lipinski definition) is 3. The third kappa shape index (κ3) is 7.75. The molecule has 0 spiro atoms. The summed E-state index contributed by atoms with van der Waals surface area (Å²) in [6.45, 7) is 6.21. The van der Waals surface area contributed by atoms with E-state index in [1.807, 2.05) is 38.1 Å². The Bertz CT molecular complexity index is 867. The molecule has 3 N–H and O–H groups in total. The summed E-state index contributed by atoms with van der Waals surface area (Å²) in [5, 5.41) is 8.39. The topological polar surface area (TPSA) is 90.5 Å². The molecule has 0 aliphatic carbocycles. The molecule has 0 aliphatic rings. The van der Waals surface area contributed by atoms with Crippen molar-refractivity contribution in [3.05, 3.63) is 54.1 Å². The molecule has 0 saturated carbocycles. The number of carbonyl (C=O) groups is 3. The van der Waals surface area contributed by atoms with E-state index in [2.05, 4.69) is 16.0 Å². The zero-order valence-corrected chi connectivity index (χ0v) is 17.1. The molecule has 0 atom stereocenters. The lowest BCUT2D eigenvalue weighted by atomic mass is 10.2. The number of anilines is 3. The molecule has 0 radical (unpaired) electrons. The average molecular weight is 396 g/mol. The molecule has 154 valence electrons. The highest BCUT2D eigenvalue weighted by Crippen LogP contribution is 2.15. The summed E-state index contributed by atoms with van der Waals surface area (Å²) in [5.41, 5.74) is 2.95. The lowest BCUT2D eigenvalue weighted by Gasteiger charge is -2.21. The fourth-order valence-corrected chi connectivity index (χ4v) is 2.92. The van der Waals surface area contributed by atoms with E-state index in [1.165, 1.54) is 6.92 Å². The highest BCUT2D eigenvalue weighted by Gasteiger charge is 2.15. The van der Waals surface area contributed by atoms with Crippen molar-refractivity contribution < 1.29 is 14.4 Å². The fraction of sp³-hybridized carbons (Fsp3) is 0.318. The first-order valence-corrected chi connectivity index (χ1v) is 9.62. The van der Waals surface area contributed by atoms with Crippen LogP contribution in [0, 0.1) is 6.92 Å². The molecule has 3 amide bonds. The van der Waals surface area contributed by atoms with Gasteiger partial charge in [0.25, 0.3) is 0 Å². The van der Waals surface area contributed by atoms with Crippen LogP contribution in [0.4, 0.5) is 17.1 Å². The first-order valence-electron chi connectivity index (χ1n) is 9.62. The van der Waals surface area contributed by atoms with E-state index in [1.54, 1.807) is 29.2 Å². The Kier molecular flexibility index (Phi) is 8.36. The molecule has 0 aromatic heterocycles. The second kappa shape index (κ2) is 11.0. The molecule has 0 aliphatic heterocycles. The van der Waals surface area contributed by atoms with E-state index in [0.717, 1.165) is 17.7 Å². The molecule has 7 nitrogen and oxygen atoms in total. The minimum absolute atomic E-state index is 0.0966. The van der Waals surface area contributed by atoms with E-state index < -0.39 is 0 Å². The van der Waals surface area contributed by atoms with Crippen LogP contribution in [0.1, 0.15) is 25.8 Å². The van der Waals surface area contributed by atoms with Crippen molar-refractivity contribution in [1.82, 2.24) is 4.90 Å². The predicted octanol–water partition coefficient (Wildman–Crippen LogP) is 3.24. The summed E-state index contributed by atoms with van der Waals surface area (Å²) in [6.07, 6.45) is 0.822. The maximum absolute atomic E-state index is 12.5. The second-order valence-electron chi connectivity index (χ2n) is 6.88.